The second-order valence-corrected chi connectivity index (χ2v) is 4.48. The molecule has 15 heavy (non-hydrogen) atoms. The zero-order valence-corrected chi connectivity index (χ0v) is 10.0. The van der Waals surface area contributed by atoms with E-state index in [1.54, 1.807) is 18.5 Å². The fraction of sp³-hybridized carbons (Fsp3) is 0.600. The van der Waals surface area contributed by atoms with Crippen LogP contribution in [0.2, 0.25) is 5.02 Å². The minimum atomic E-state index is -0.601. The van der Waals surface area contributed by atoms with E-state index in [9.17, 15) is 4.79 Å². The van der Waals surface area contributed by atoms with Gasteiger partial charge in [0, 0.05) is 18.5 Å². The molecule has 0 atom stereocenters. The highest BCUT2D eigenvalue weighted by Gasteiger charge is 2.31. The molecule has 0 fully saturated rings. The largest absolute Gasteiger partial charge is 0.329 e. The van der Waals surface area contributed by atoms with Crippen molar-refractivity contribution in [3.8, 4) is 0 Å². The van der Waals surface area contributed by atoms with E-state index in [1.165, 1.54) is 6.20 Å². The van der Waals surface area contributed by atoms with E-state index in [0.29, 0.717) is 17.3 Å². The van der Waals surface area contributed by atoms with Crippen LogP contribution in [-0.2, 0) is 6.54 Å². The predicted octanol–water partition coefficient (Wildman–Crippen LogP) is 1.72. The molecule has 0 spiro atoms. The molecule has 84 valence electrons. The molecule has 0 aliphatic carbocycles. The van der Waals surface area contributed by atoms with E-state index in [2.05, 4.69) is 5.10 Å². The molecule has 2 N–H and O–H groups in total. The van der Waals surface area contributed by atoms with Crippen LogP contribution in [0.25, 0.3) is 0 Å². The number of nitrogens with two attached hydrogens (primary N) is 1. The van der Waals surface area contributed by atoms with Gasteiger partial charge in [-0.3, -0.25) is 9.48 Å². The smallest absolute Gasteiger partial charge is 0.189 e. The minimum Gasteiger partial charge on any atom is -0.329 e. The van der Waals surface area contributed by atoms with Crippen LogP contribution in [0.4, 0.5) is 0 Å². The van der Waals surface area contributed by atoms with Crippen LogP contribution in [0.3, 0.4) is 0 Å². The fourth-order valence-electron chi connectivity index (χ4n) is 1.24. The van der Waals surface area contributed by atoms with E-state index < -0.39 is 5.41 Å². The Morgan fingerprint density at radius 3 is 2.73 bits per heavy atom. The van der Waals surface area contributed by atoms with Gasteiger partial charge >= 0.3 is 0 Å². The number of aromatic nitrogens is 2. The Kier molecular flexibility index (Phi) is 3.52. The zero-order chi connectivity index (χ0) is 11.6. The van der Waals surface area contributed by atoms with Crippen molar-refractivity contribution in [2.75, 3.05) is 6.54 Å². The molecule has 0 aromatic carbocycles. The molecule has 0 saturated heterocycles. The van der Waals surface area contributed by atoms with Crippen LogP contribution in [-0.4, -0.2) is 22.1 Å². The number of Topliss-reactive ketones (excluding diaryl/α,β-unsaturated/α-hetero) is 1. The quantitative estimate of drug-likeness (QED) is 0.800. The molecule has 4 nitrogen and oxygen atoms in total. The van der Waals surface area contributed by atoms with E-state index >= 15 is 0 Å². The Bertz CT molecular complexity index is 371. The van der Waals surface area contributed by atoms with Crippen molar-refractivity contribution in [2.24, 2.45) is 11.1 Å². The Morgan fingerprint density at radius 2 is 2.27 bits per heavy atom. The summed E-state index contributed by atoms with van der Waals surface area (Å²) >= 11 is 5.94. The van der Waals surface area contributed by atoms with Gasteiger partial charge < -0.3 is 5.73 Å². The molecule has 0 aliphatic heterocycles. The Balaban J connectivity index is 3.16. The van der Waals surface area contributed by atoms with Gasteiger partial charge in [-0.05, 0) is 6.92 Å². The van der Waals surface area contributed by atoms with Crippen molar-refractivity contribution in [2.45, 2.75) is 27.3 Å². The topological polar surface area (TPSA) is 60.9 Å². The van der Waals surface area contributed by atoms with Gasteiger partial charge in [0.15, 0.2) is 5.78 Å². The average Bonchev–Trinajstić information content (AvgIpc) is 2.58. The van der Waals surface area contributed by atoms with Crippen molar-refractivity contribution < 1.29 is 4.79 Å². The van der Waals surface area contributed by atoms with Gasteiger partial charge in [-0.15, -0.1) is 0 Å². The summed E-state index contributed by atoms with van der Waals surface area (Å²) in [5.41, 5.74) is 5.41. The van der Waals surface area contributed by atoms with Crippen LogP contribution in [0, 0.1) is 5.41 Å². The van der Waals surface area contributed by atoms with Gasteiger partial charge in [-0.1, -0.05) is 25.4 Å². The number of carbonyl (C=O) groups is 1. The summed E-state index contributed by atoms with van der Waals surface area (Å²) in [6.07, 6.45) is 1.49. The van der Waals surface area contributed by atoms with Crippen molar-refractivity contribution in [1.82, 2.24) is 9.78 Å². The third-order valence-electron chi connectivity index (χ3n) is 2.43. The molecule has 1 heterocycles. The second kappa shape index (κ2) is 4.33. The van der Waals surface area contributed by atoms with Gasteiger partial charge in [0.1, 0.15) is 5.69 Å². The number of nitrogens with zero attached hydrogens (tertiary/aromatic N) is 2. The molecule has 1 rings (SSSR count). The molecule has 0 radical (unpaired) electrons. The first kappa shape index (κ1) is 12.2. The van der Waals surface area contributed by atoms with Crippen LogP contribution in [0.5, 0.6) is 0 Å². The summed E-state index contributed by atoms with van der Waals surface area (Å²) in [6.45, 7) is 6.43. The molecule has 0 bridgehead atoms. The lowest BCUT2D eigenvalue weighted by Crippen LogP contribution is -2.34. The number of hydrogen-bond acceptors (Lipinski definition) is 3. The summed E-state index contributed by atoms with van der Waals surface area (Å²) in [4.78, 5) is 12.1. The van der Waals surface area contributed by atoms with Gasteiger partial charge in [0.05, 0.1) is 11.2 Å². The van der Waals surface area contributed by atoms with E-state index in [0.717, 1.165) is 0 Å². The van der Waals surface area contributed by atoms with E-state index in [1.807, 2.05) is 6.92 Å². The first-order valence-corrected chi connectivity index (χ1v) is 5.28. The number of halogens is 1. The van der Waals surface area contributed by atoms with Gasteiger partial charge in [0.25, 0.3) is 0 Å². The molecule has 0 saturated carbocycles. The normalized spacial score (nSPS) is 11.8. The maximum absolute atomic E-state index is 12.1. The highest BCUT2D eigenvalue weighted by atomic mass is 35.5. The molecule has 1 aromatic heterocycles. The van der Waals surface area contributed by atoms with Crippen LogP contribution >= 0.6 is 11.6 Å². The van der Waals surface area contributed by atoms with Crippen LogP contribution < -0.4 is 5.73 Å². The van der Waals surface area contributed by atoms with Crippen molar-refractivity contribution in [3.05, 3.63) is 16.9 Å². The summed E-state index contributed by atoms with van der Waals surface area (Å²) in [7, 11) is 0. The number of ketones is 1. The Morgan fingerprint density at radius 1 is 1.67 bits per heavy atom. The first-order chi connectivity index (χ1) is 6.94. The molecular formula is C10H16ClN3O. The molecular weight excluding hydrogens is 214 g/mol. The van der Waals surface area contributed by atoms with Crippen LogP contribution in [0.1, 0.15) is 31.3 Å². The lowest BCUT2D eigenvalue weighted by molar-refractivity contribution is 0.0836. The average molecular weight is 230 g/mol. The molecule has 0 amide bonds. The lowest BCUT2D eigenvalue weighted by atomic mass is 9.86. The monoisotopic (exact) mass is 229 g/mol. The first-order valence-electron chi connectivity index (χ1n) is 4.90. The highest BCUT2D eigenvalue weighted by molar-refractivity contribution is 6.33. The summed E-state index contributed by atoms with van der Waals surface area (Å²) in [6, 6.07) is 0. The molecule has 0 aliphatic rings. The SMILES string of the molecule is CCn1ncc(Cl)c1C(=O)C(C)(C)CN. The van der Waals surface area contributed by atoms with E-state index in [-0.39, 0.29) is 12.3 Å². The summed E-state index contributed by atoms with van der Waals surface area (Å²) in [5.74, 6) is -0.0608. The molecule has 5 heteroatoms. The van der Waals surface area contributed by atoms with Gasteiger partial charge in [-0.25, -0.2) is 0 Å². The second-order valence-electron chi connectivity index (χ2n) is 4.07. The van der Waals surface area contributed by atoms with Gasteiger partial charge in [-0.2, -0.15) is 5.10 Å². The summed E-state index contributed by atoms with van der Waals surface area (Å²) in [5, 5.41) is 4.42. The molecule has 0 unspecified atom stereocenters. The highest BCUT2D eigenvalue weighted by Crippen LogP contribution is 2.25. The number of aryl methyl sites for hydroxylation is 1. The number of rotatable bonds is 4. The van der Waals surface area contributed by atoms with Crippen LogP contribution in [0.15, 0.2) is 6.20 Å². The fourth-order valence-corrected chi connectivity index (χ4v) is 1.47. The van der Waals surface area contributed by atoms with Crippen molar-refractivity contribution in [1.29, 1.82) is 0 Å². The maximum atomic E-state index is 12.1. The molecule has 1 aromatic rings. The van der Waals surface area contributed by atoms with E-state index in [4.69, 9.17) is 17.3 Å². The maximum Gasteiger partial charge on any atom is 0.189 e. The van der Waals surface area contributed by atoms with Crippen molar-refractivity contribution >= 4 is 17.4 Å². The van der Waals surface area contributed by atoms with Crippen molar-refractivity contribution in [3.63, 3.8) is 0 Å². The number of carbonyl (C=O) groups excluding carboxylic acids is 1. The Labute approximate surface area is 94.4 Å². The predicted molar refractivity (Wildman–Crippen MR) is 60.1 cm³/mol. The van der Waals surface area contributed by atoms with Gasteiger partial charge in [0.2, 0.25) is 0 Å². The standard InChI is InChI=1S/C10H16ClN3O/c1-4-14-8(7(11)5-13-14)9(15)10(2,3)6-12/h5H,4,6,12H2,1-3H3. The third kappa shape index (κ3) is 2.21. The lowest BCUT2D eigenvalue weighted by Gasteiger charge is -2.21. The number of hydrogen-bond donors (Lipinski definition) is 1. The third-order valence-corrected chi connectivity index (χ3v) is 2.71. The summed E-state index contributed by atoms with van der Waals surface area (Å²) < 4.78 is 1.60. The zero-order valence-electron chi connectivity index (χ0n) is 9.25. The Hall–Kier alpha value is -0.870. The minimum absolute atomic E-state index is 0.0608.